The average molecular weight is 248 g/mol. The van der Waals surface area contributed by atoms with Gasteiger partial charge >= 0.3 is 14.1 Å². The van der Waals surface area contributed by atoms with E-state index in [-0.39, 0.29) is 0 Å². The summed E-state index contributed by atoms with van der Waals surface area (Å²) in [5, 5.41) is 2.83. The van der Waals surface area contributed by atoms with Gasteiger partial charge in [0.1, 0.15) is 0 Å². The van der Waals surface area contributed by atoms with Crippen LogP contribution in [-0.4, -0.2) is 14.1 Å². The summed E-state index contributed by atoms with van der Waals surface area (Å²) < 4.78 is 0. The molecule has 17 heavy (non-hydrogen) atoms. The molecule has 1 aliphatic rings. The fourth-order valence-electron chi connectivity index (χ4n) is 2.83. The van der Waals surface area contributed by atoms with Crippen LogP contribution in [0.1, 0.15) is 59.8 Å². The normalized spacial score (nSPS) is 17.1. The summed E-state index contributed by atoms with van der Waals surface area (Å²) in [6.07, 6.45) is 7.02. The summed E-state index contributed by atoms with van der Waals surface area (Å²) in [6.45, 7) is 9.40. The molecular weight excluding hydrogens is 219 g/mol. The van der Waals surface area contributed by atoms with Gasteiger partial charge in [-0.15, -0.1) is 5.92 Å². The predicted octanol–water partition coefficient (Wildman–Crippen LogP) is 4.92. The zero-order valence-electron chi connectivity index (χ0n) is 12.3. The molecule has 0 aromatic rings. The maximum atomic E-state index is 3.74. The van der Waals surface area contributed by atoms with Crippen LogP contribution in [0.15, 0.2) is 0 Å². The Kier molecular flexibility index (Phi) is 7.34. The molecule has 1 aliphatic carbocycles. The first-order valence-electron chi connectivity index (χ1n) is 7.59. The molecule has 0 spiro atoms. The molecule has 0 aromatic heterocycles. The fourth-order valence-corrected chi connectivity index (χ4v) is 6.01. The van der Waals surface area contributed by atoms with Crippen molar-refractivity contribution in [1.29, 1.82) is 0 Å². The van der Waals surface area contributed by atoms with Gasteiger partial charge < -0.3 is 0 Å². The smallest absolute Gasteiger partial charge is 0.205 e. The number of hydrogen-bond acceptors (Lipinski definition) is 0. The molecule has 1 saturated carbocycles. The van der Waals surface area contributed by atoms with E-state index in [1.54, 1.807) is 0 Å². The first-order chi connectivity index (χ1) is 8.08. The fraction of sp³-hybridized carbons (Fsp3) is 0.875. The van der Waals surface area contributed by atoms with Crippen molar-refractivity contribution in [3.8, 4) is 10.7 Å². The van der Waals surface area contributed by atoms with Gasteiger partial charge in [0.25, 0.3) is 0 Å². The summed E-state index contributed by atoms with van der Waals surface area (Å²) in [5.41, 5.74) is 0. The van der Waals surface area contributed by atoms with Crippen LogP contribution in [0.25, 0.3) is 0 Å². The summed E-state index contributed by atoms with van der Waals surface area (Å²) >= 11 is -0.782. The summed E-state index contributed by atoms with van der Waals surface area (Å²) in [5.74, 6) is 6.07. The maximum absolute atomic E-state index is 3.74. The van der Waals surface area contributed by atoms with Crippen LogP contribution in [-0.2, 0) is 0 Å². The van der Waals surface area contributed by atoms with Crippen molar-refractivity contribution in [2.75, 3.05) is 0 Å². The lowest BCUT2D eigenvalue weighted by Gasteiger charge is -2.16. The Morgan fingerprint density at radius 3 is 1.94 bits per heavy atom. The molecule has 0 atom stereocenters. The topological polar surface area (TPSA) is 0 Å². The van der Waals surface area contributed by atoms with Gasteiger partial charge in [-0.3, -0.25) is 0 Å². The molecular formula is C16H29Al. The molecule has 0 saturated heterocycles. The van der Waals surface area contributed by atoms with Gasteiger partial charge in [-0.25, -0.2) is 4.78 Å². The minimum absolute atomic E-state index is 0.748. The second kappa shape index (κ2) is 8.24. The molecule has 96 valence electrons. The van der Waals surface area contributed by atoms with Gasteiger partial charge in [-0.1, -0.05) is 69.4 Å². The van der Waals surface area contributed by atoms with Crippen molar-refractivity contribution in [2.24, 2.45) is 17.8 Å². The summed E-state index contributed by atoms with van der Waals surface area (Å²) in [7, 11) is 0. The van der Waals surface area contributed by atoms with E-state index < -0.39 is 14.1 Å². The third kappa shape index (κ3) is 7.18. The molecule has 0 unspecified atom stereocenters. The number of hydrogen-bond donors (Lipinski definition) is 0. The van der Waals surface area contributed by atoms with Crippen molar-refractivity contribution < 1.29 is 0 Å². The molecule has 1 rings (SSSR count). The van der Waals surface area contributed by atoms with Crippen LogP contribution in [0.4, 0.5) is 0 Å². The maximum Gasteiger partial charge on any atom is 0.376 e. The highest BCUT2D eigenvalue weighted by Crippen LogP contribution is 2.23. The van der Waals surface area contributed by atoms with E-state index in [2.05, 4.69) is 38.4 Å². The van der Waals surface area contributed by atoms with Crippen LogP contribution in [0.2, 0.25) is 10.6 Å². The Balaban J connectivity index is 2.48. The zero-order chi connectivity index (χ0) is 12.7. The van der Waals surface area contributed by atoms with Gasteiger partial charge in [0.05, 0.1) is 0 Å². The molecule has 0 aromatic carbocycles. The van der Waals surface area contributed by atoms with Gasteiger partial charge in [0.15, 0.2) is 0 Å². The van der Waals surface area contributed by atoms with E-state index in [0.29, 0.717) is 0 Å². The third-order valence-electron chi connectivity index (χ3n) is 3.61. The Morgan fingerprint density at radius 2 is 1.47 bits per heavy atom. The van der Waals surface area contributed by atoms with Crippen LogP contribution >= 0.6 is 0 Å². The Hall–Kier alpha value is 0.0925. The first kappa shape index (κ1) is 15.2. The van der Waals surface area contributed by atoms with E-state index >= 15 is 0 Å². The second-order valence-corrected chi connectivity index (χ2v) is 9.20. The van der Waals surface area contributed by atoms with Crippen LogP contribution < -0.4 is 0 Å². The Bertz CT molecular complexity index is 240. The average Bonchev–Trinajstić information content (AvgIpc) is 2.26. The highest BCUT2D eigenvalue weighted by Gasteiger charge is 2.19. The third-order valence-corrected chi connectivity index (χ3v) is 7.21. The van der Waals surface area contributed by atoms with Crippen molar-refractivity contribution in [2.45, 2.75) is 70.4 Å². The van der Waals surface area contributed by atoms with Crippen molar-refractivity contribution >= 4 is 14.1 Å². The molecule has 0 N–H and O–H groups in total. The molecule has 0 aliphatic heterocycles. The lowest BCUT2D eigenvalue weighted by Crippen LogP contribution is -2.16. The second-order valence-electron chi connectivity index (χ2n) is 6.58. The van der Waals surface area contributed by atoms with E-state index in [0.717, 1.165) is 17.8 Å². The van der Waals surface area contributed by atoms with Crippen molar-refractivity contribution in [3.05, 3.63) is 0 Å². The monoisotopic (exact) mass is 248 g/mol. The molecule has 0 amide bonds. The standard InChI is InChI=1S/C8H11.2C4H9.Al/c1-2-8-6-4-3-5-7-8;2*1-4(2)3;/h8H,3-7H2;2*4H,1H2,2-3H3;. The van der Waals surface area contributed by atoms with E-state index in [1.165, 1.54) is 42.7 Å². The van der Waals surface area contributed by atoms with Crippen LogP contribution in [0, 0.1) is 28.5 Å². The quantitative estimate of drug-likeness (QED) is 0.489. The lowest BCUT2D eigenvalue weighted by atomic mass is 9.90. The van der Waals surface area contributed by atoms with Crippen molar-refractivity contribution in [3.63, 3.8) is 0 Å². The number of rotatable bonds is 4. The van der Waals surface area contributed by atoms with Gasteiger partial charge in [-0.05, 0) is 12.8 Å². The predicted molar refractivity (Wildman–Crippen MR) is 79.4 cm³/mol. The van der Waals surface area contributed by atoms with Gasteiger partial charge in [-0.2, -0.15) is 0 Å². The summed E-state index contributed by atoms with van der Waals surface area (Å²) in [4.78, 5) is 3.74. The Morgan fingerprint density at radius 1 is 0.941 bits per heavy atom. The van der Waals surface area contributed by atoms with Gasteiger partial charge in [0, 0.05) is 5.92 Å². The van der Waals surface area contributed by atoms with Crippen LogP contribution in [0.5, 0.6) is 0 Å². The SMILES string of the molecule is CC(C)[CH2][Al]([C]#CC1CCCCC1)[CH2]C(C)C. The van der Waals surface area contributed by atoms with E-state index in [9.17, 15) is 0 Å². The van der Waals surface area contributed by atoms with E-state index in [4.69, 9.17) is 0 Å². The van der Waals surface area contributed by atoms with Crippen LogP contribution in [0.3, 0.4) is 0 Å². The zero-order valence-corrected chi connectivity index (χ0v) is 13.4. The van der Waals surface area contributed by atoms with Crippen molar-refractivity contribution in [1.82, 2.24) is 0 Å². The minimum Gasteiger partial charge on any atom is -0.205 e. The molecule has 1 heteroatoms. The molecule has 0 bridgehead atoms. The minimum atomic E-state index is -0.782. The van der Waals surface area contributed by atoms with E-state index in [1.807, 2.05) is 0 Å². The largest absolute Gasteiger partial charge is 0.376 e. The Labute approximate surface area is 113 Å². The van der Waals surface area contributed by atoms with Gasteiger partial charge in [0.2, 0.25) is 0 Å². The summed E-state index contributed by atoms with van der Waals surface area (Å²) in [6, 6.07) is 0. The highest BCUT2D eigenvalue weighted by atomic mass is 27.2. The molecule has 0 nitrogen and oxygen atoms in total. The molecule has 1 fully saturated rings. The highest BCUT2D eigenvalue weighted by molar-refractivity contribution is 6.67. The molecule has 0 radical (unpaired) electrons. The lowest BCUT2D eigenvalue weighted by molar-refractivity contribution is 0.430. The molecule has 0 heterocycles. The first-order valence-corrected chi connectivity index (χ1v) is 9.80.